The molecule has 0 amide bonds. The highest BCUT2D eigenvalue weighted by atomic mass is 32.2. The molecule has 0 saturated heterocycles. The number of thioether (sulfide) groups is 1. The Kier molecular flexibility index (Phi) is 5.69. The molecule has 0 bridgehead atoms. The van der Waals surface area contributed by atoms with Crippen molar-refractivity contribution in [2.24, 2.45) is 0 Å². The van der Waals surface area contributed by atoms with E-state index in [1.807, 2.05) is 36.4 Å². The van der Waals surface area contributed by atoms with Crippen molar-refractivity contribution in [1.29, 1.82) is 0 Å². The van der Waals surface area contributed by atoms with Crippen molar-refractivity contribution in [1.82, 2.24) is 19.7 Å². The first-order valence-corrected chi connectivity index (χ1v) is 10.9. The Morgan fingerprint density at radius 2 is 1.86 bits per heavy atom. The average molecular weight is 405 g/mol. The van der Waals surface area contributed by atoms with E-state index in [0.717, 1.165) is 38.6 Å². The number of aromatic nitrogens is 4. The Hall–Kier alpha value is -2.70. The van der Waals surface area contributed by atoms with Gasteiger partial charge in [-0.2, -0.15) is 0 Å². The van der Waals surface area contributed by atoms with Crippen LogP contribution >= 0.6 is 23.1 Å². The molecule has 0 unspecified atom stereocenters. The summed E-state index contributed by atoms with van der Waals surface area (Å²) in [6, 6.07) is 18.5. The van der Waals surface area contributed by atoms with Crippen LogP contribution in [0.2, 0.25) is 0 Å². The van der Waals surface area contributed by atoms with Crippen LogP contribution in [-0.4, -0.2) is 19.7 Å². The van der Waals surface area contributed by atoms with Crippen molar-refractivity contribution < 1.29 is 0 Å². The second-order valence-corrected chi connectivity index (χ2v) is 8.12. The van der Waals surface area contributed by atoms with Gasteiger partial charge < -0.3 is 0 Å². The Labute approximate surface area is 173 Å². The largest absolute Gasteiger partial charge is 0.298 e. The van der Waals surface area contributed by atoms with E-state index in [9.17, 15) is 0 Å². The zero-order valence-electron chi connectivity index (χ0n) is 15.6. The van der Waals surface area contributed by atoms with Gasteiger partial charge in [-0.15, -0.1) is 28.1 Å². The molecule has 0 aliphatic rings. The molecule has 0 aliphatic heterocycles. The Morgan fingerprint density at radius 1 is 1.07 bits per heavy atom. The minimum Gasteiger partial charge on any atom is -0.298 e. The lowest BCUT2D eigenvalue weighted by Crippen LogP contribution is -2.01. The molecule has 0 radical (unpaired) electrons. The van der Waals surface area contributed by atoms with Crippen molar-refractivity contribution in [2.45, 2.75) is 24.4 Å². The SMILES string of the molecule is C=CCn1c(SCc2csc(-c3ccccc3)n2)nnc1-c1ccccc1C. The van der Waals surface area contributed by atoms with Crippen LogP contribution in [0.5, 0.6) is 0 Å². The minimum absolute atomic E-state index is 0.672. The molecule has 4 nitrogen and oxygen atoms in total. The van der Waals surface area contributed by atoms with Gasteiger partial charge in [-0.25, -0.2) is 4.98 Å². The van der Waals surface area contributed by atoms with Crippen LogP contribution in [0.15, 0.2) is 77.8 Å². The number of thiazole rings is 1. The van der Waals surface area contributed by atoms with Crippen LogP contribution in [0.1, 0.15) is 11.3 Å². The van der Waals surface area contributed by atoms with Gasteiger partial charge in [0.05, 0.1) is 5.69 Å². The highest BCUT2D eigenvalue weighted by molar-refractivity contribution is 7.98. The maximum Gasteiger partial charge on any atom is 0.192 e. The van der Waals surface area contributed by atoms with Gasteiger partial charge in [-0.3, -0.25) is 4.57 Å². The van der Waals surface area contributed by atoms with Gasteiger partial charge in [-0.1, -0.05) is 72.4 Å². The molecule has 0 N–H and O–H groups in total. The van der Waals surface area contributed by atoms with E-state index in [2.05, 4.69) is 57.9 Å². The highest BCUT2D eigenvalue weighted by Crippen LogP contribution is 2.30. The molecule has 28 heavy (non-hydrogen) atoms. The number of aryl methyl sites for hydroxylation is 1. The maximum absolute atomic E-state index is 4.77. The fourth-order valence-corrected chi connectivity index (χ4v) is 4.71. The van der Waals surface area contributed by atoms with Crippen molar-refractivity contribution in [3.05, 3.63) is 83.9 Å². The van der Waals surface area contributed by atoms with Gasteiger partial charge in [0.2, 0.25) is 0 Å². The number of allylic oxidation sites excluding steroid dienone is 1. The van der Waals surface area contributed by atoms with Crippen molar-refractivity contribution >= 4 is 23.1 Å². The van der Waals surface area contributed by atoms with Gasteiger partial charge in [0.25, 0.3) is 0 Å². The minimum atomic E-state index is 0.672. The standard InChI is InChI=1S/C22H20N4S2/c1-3-13-26-20(19-12-8-7-9-16(19)2)24-25-22(26)28-15-18-14-27-21(23-18)17-10-5-4-6-11-17/h3-12,14H,1,13,15H2,2H3. The van der Waals surface area contributed by atoms with Gasteiger partial charge in [0.1, 0.15) is 5.01 Å². The van der Waals surface area contributed by atoms with Crippen LogP contribution in [0.3, 0.4) is 0 Å². The van der Waals surface area contributed by atoms with Crippen molar-refractivity contribution in [3.8, 4) is 22.0 Å². The second-order valence-electron chi connectivity index (χ2n) is 6.32. The van der Waals surface area contributed by atoms with Crippen LogP contribution in [0.25, 0.3) is 22.0 Å². The van der Waals surface area contributed by atoms with E-state index in [-0.39, 0.29) is 0 Å². The summed E-state index contributed by atoms with van der Waals surface area (Å²) in [5, 5.41) is 12.9. The van der Waals surface area contributed by atoms with Gasteiger partial charge in [0.15, 0.2) is 11.0 Å². The second kappa shape index (κ2) is 8.54. The lowest BCUT2D eigenvalue weighted by Gasteiger charge is -2.09. The zero-order chi connectivity index (χ0) is 19.3. The third-order valence-electron chi connectivity index (χ3n) is 4.34. The van der Waals surface area contributed by atoms with Gasteiger partial charge >= 0.3 is 0 Å². The summed E-state index contributed by atoms with van der Waals surface area (Å²) in [6.45, 7) is 6.66. The Bertz CT molecular complexity index is 1080. The molecule has 0 atom stereocenters. The molecule has 2 heterocycles. The topological polar surface area (TPSA) is 43.6 Å². The monoisotopic (exact) mass is 404 g/mol. The Morgan fingerprint density at radius 3 is 2.64 bits per heavy atom. The summed E-state index contributed by atoms with van der Waals surface area (Å²) in [6.07, 6.45) is 1.88. The normalized spacial score (nSPS) is 10.9. The number of rotatable bonds is 7. The molecular formula is C22H20N4S2. The predicted octanol–water partition coefficient (Wildman–Crippen LogP) is 5.86. The van der Waals surface area contributed by atoms with Crippen LogP contribution in [0, 0.1) is 6.92 Å². The molecule has 6 heteroatoms. The smallest absolute Gasteiger partial charge is 0.192 e. The first-order valence-electron chi connectivity index (χ1n) is 8.99. The van der Waals surface area contributed by atoms with Crippen molar-refractivity contribution in [2.75, 3.05) is 0 Å². The molecule has 4 aromatic rings. The molecule has 0 aliphatic carbocycles. The fraction of sp³-hybridized carbons (Fsp3) is 0.136. The molecule has 0 spiro atoms. The first kappa shape index (κ1) is 18.7. The summed E-state index contributed by atoms with van der Waals surface area (Å²) in [5.41, 5.74) is 4.49. The predicted molar refractivity (Wildman–Crippen MR) is 118 cm³/mol. The number of hydrogen-bond acceptors (Lipinski definition) is 5. The van der Waals surface area contributed by atoms with Gasteiger partial charge in [-0.05, 0) is 12.5 Å². The Balaban J connectivity index is 1.55. The molecule has 0 fully saturated rings. The highest BCUT2D eigenvalue weighted by Gasteiger charge is 2.15. The van der Waals surface area contributed by atoms with E-state index >= 15 is 0 Å². The average Bonchev–Trinajstić information content (AvgIpc) is 3.35. The summed E-state index contributed by atoms with van der Waals surface area (Å²) in [5.74, 6) is 1.63. The summed E-state index contributed by atoms with van der Waals surface area (Å²) < 4.78 is 2.12. The number of nitrogens with zero attached hydrogens (tertiary/aromatic N) is 4. The lowest BCUT2D eigenvalue weighted by atomic mass is 10.1. The fourth-order valence-electron chi connectivity index (χ4n) is 2.94. The van der Waals surface area contributed by atoms with E-state index in [1.165, 1.54) is 5.56 Å². The zero-order valence-corrected chi connectivity index (χ0v) is 17.2. The van der Waals surface area contributed by atoms with Crippen LogP contribution < -0.4 is 0 Å². The third kappa shape index (κ3) is 3.93. The van der Waals surface area contributed by atoms with E-state index < -0.39 is 0 Å². The molecular weight excluding hydrogens is 384 g/mol. The van der Waals surface area contributed by atoms with Gasteiger partial charge in [0, 0.05) is 28.8 Å². The summed E-state index contributed by atoms with van der Waals surface area (Å²) in [4.78, 5) is 4.77. The van der Waals surface area contributed by atoms with E-state index in [0.29, 0.717) is 6.54 Å². The molecule has 2 aromatic carbocycles. The molecule has 2 aromatic heterocycles. The summed E-state index contributed by atoms with van der Waals surface area (Å²) in [7, 11) is 0. The maximum atomic E-state index is 4.77. The molecule has 0 saturated carbocycles. The lowest BCUT2D eigenvalue weighted by molar-refractivity contribution is 0.730. The molecule has 4 rings (SSSR count). The number of hydrogen-bond donors (Lipinski definition) is 0. The van der Waals surface area contributed by atoms with Crippen LogP contribution in [-0.2, 0) is 12.3 Å². The quantitative estimate of drug-likeness (QED) is 0.286. The molecule has 140 valence electrons. The number of benzene rings is 2. The van der Waals surface area contributed by atoms with E-state index in [4.69, 9.17) is 4.98 Å². The van der Waals surface area contributed by atoms with Crippen molar-refractivity contribution in [3.63, 3.8) is 0 Å². The third-order valence-corrected chi connectivity index (χ3v) is 6.28. The van der Waals surface area contributed by atoms with E-state index in [1.54, 1.807) is 23.1 Å². The first-order chi connectivity index (χ1) is 13.8. The van der Waals surface area contributed by atoms with Crippen LogP contribution in [0.4, 0.5) is 0 Å². The summed E-state index contributed by atoms with van der Waals surface area (Å²) >= 11 is 3.33.